The van der Waals surface area contributed by atoms with Crippen LogP contribution in [0.3, 0.4) is 0 Å². The molecule has 2 aromatic carbocycles. The number of carbonyl (C=O) groups excluding carboxylic acids is 2. The molecular formula is C24H22BrN3O2S. The molecule has 2 heterocycles. The molecule has 31 heavy (non-hydrogen) atoms. The molecule has 0 atom stereocenters. The summed E-state index contributed by atoms with van der Waals surface area (Å²) in [5.74, 6) is -0.349. The maximum Gasteiger partial charge on any atom is 0.240 e. The van der Waals surface area contributed by atoms with Crippen LogP contribution in [0.15, 0.2) is 63.4 Å². The second-order valence-electron chi connectivity index (χ2n) is 7.49. The van der Waals surface area contributed by atoms with Crippen molar-refractivity contribution in [2.45, 2.75) is 26.8 Å². The fourth-order valence-electron chi connectivity index (χ4n) is 3.44. The van der Waals surface area contributed by atoms with Gasteiger partial charge in [-0.2, -0.15) is 0 Å². The summed E-state index contributed by atoms with van der Waals surface area (Å²) in [5, 5.41) is 4.90. The lowest BCUT2D eigenvalue weighted by Gasteiger charge is -2.23. The van der Waals surface area contributed by atoms with Gasteiger partial charge in [0.15, 0.2) is 0 Å². The third kappa shape index (κ3) is 4.78. The van der Waals surface area contributed by atoms with E-state index in [0.717, 1.165) is 37.4 Å². The Kier molecular flexibility index (Phi) is 6.34. The zero-order valence-corrected chi connectivity index (χ0v) is 19.7. The van der Waals surface area contributed by atoms with Crippen molar-refractivity contribution < 1.29 is 9.59 Å². The number of nitrogens with one attached hydrogen (secondary N) is 1. The molecule has 2 amide bonds. The molecule has 1 aliphatic rings. The van der Waals surface area contributed by atoms with Gasteiger partial charge < -0.3 is 10.2 Å². The van der Waals surface area contributed by atoms with Crippen molar-refractivity contribution in [1.82, 2.24) is 5.32 Å². The number of aliphatic imine (C=N–C) groups is 1. The molecule has 5 nitrogen and oxygen atoms in total. The van der Waals surface area contributed by atoms with Crippen LogP contribution >= 0.6 is 27.3 Å². The molecule has 4 rings (SSSR count). The largest absolute Gasteiger partial charge is 0.350 e. The molecule has 0 bridgehead atoms. The Hall–Kier alpha value is -2.77. The molecule has 0 saturated carbocycles. The SMILES string of the molecule is Cc1cc2c(cc1C)N(CC(=O)NCc1ccccc1Br)C(=O)CC(c1cccs1)=N2. The Balaban J connectivity index is 1.60. The molecule has 0 aliphatic carbocycles. The molecular weight excluding hydrogens is 474 g/mol. The van der Waals surface area contributed by atoms with Crippen molar-refractivity contribution in [3.63, 3.8) is 0 Å². The van der Waals surface area contributed by atoms with Gasteiger partial charge in [-0.05, 0) is 60.2 Å². The van der Waals surface area contributed by atoms with Gasteiger partial charge in [0.05, 0.1) is 23.5 Å². The van der Waals surface area contributed by atoms with Gasteiger partial charge in [0.25, 0.3) is 0 Å². The molecule has 0 unspecified atom stereocenters. The Morgan fingerprint density at radius 3 is 2.68 bits per heavy atom. The predicted octanol–water partition coefficient (Wildman–Crippen LogP) is 5.30. The van der Waals surface area contributed by atoms with Crippen molar-refractivity contribution in [3.05, 3.63) is 80.0 Å². The number of amides is 2. The number of anilines is 1. The minimum absolute atomic E-state index is 0.0496. The van der Waals surface area contributed by atoms with E-state index in [2.05, 4.69) is 21.2 Å². The van der Waals surface area contributed by atoms with E-state index in [4.69, 9.17) is 4.99 Å². The third-order valence-electron chi connectivity index (χ3n) is 5.30. The van der Waals surface area contributed by atoms with Crippen LogP contribution in [-0.4, -0.2) is 24.1 Å². The van der Waals surface area contributed by atoms with E-state index in [1.54, 1.807) is 16.2 Å². The maximum absolute atomic E-state index is 13.2. The van der Waals surface area contributed by atoms with E-state index in [1.165, 1.54) is 0 Å². The molecule has 1 N–H and O–H groups in total. The highest BCUT2D eigenvalue weighted by Gasteiger charge is 2.27. The third-order valence-corrected chi connectivity index (χ3v) is 6.99. The van der Waals surface area contributed by atoms with E-state index in [9.17, 15) is 9.59 Å². The summed E-state index contributed by atoms with van der Waals surface area (Å²) in [6.45, 7) is 4.36. The highest BCUT2D eigenvalue weighted by Crippen LogP contribution is 2.36. The van der Waals surface area contributed by atoms with Gasteiger partial charge in [-0.15, -0.1) is 11.3 Å². The predicted molar refractivity (Wildman–Crippen MR) is 129 cm³/mol. The number of nitrogens with zero attached hydrogens (tertiary/aromatic N) is 2. The smallest absolute Gasteiger partial charge is 0.240 e. The van der Waals surface area contributed by atoms with E-state index >= 15 is 0 Å². The number of thiophene rings is 1. The molecule has 1 aliphatic heterocycles. The number of hydrogen-bond acceptors (Lipinski definition) is 4. The van der Waals surface area contributed by atoms with Crippen LogP contribution < -0.4 is 10.2 Å². The van der Waals surface area contributed by atoms with E-state index in [1.807, 2.05) is 67.8 Å². The molecule has 3 aromatic rings. The maximum atomic E-state index is 13.2. The van der Waals surface area contributed by atoms with E-state index < -0.39 is 0 Å². The number of aryl methyl sites for hydroxylation is 2. The number of hydrogen-bond donors (Lipinski definition) is 1. The highest BCUT2D eigenvalue weighted by molar-refractivity contribution is 9.10. The Morgan fingerprint density at radius 1 is 1.16 bits per heavy atom. The van der Waals surface area contributed by atoms with Gasteiger partial charge in [-0.1, -0.05) is 40.2 Å². The molecule has 0 radical (unpaired) electrons. The van der Waals surface area contributed by atoms with E-state index in [0.29, 0.717) is 12.2 Å². The first-order chi connectivity index (χ1) is 14.9. The Labute approximate surface area is 193 Å². The van der Waals surface area contributed by atoms with Crippen molar-refractivity contribution in [2.24, 2.45) is 4.99 Å². The summed E-state index contributed by atoms with van der Waals surface area (Å²) in [6.07, 6.45) is 0.158. The first-order valence-corrected chi connectivity index (χ1v) is 11.6. The summed E-state index contributed by atoms with van der Waals surface area (Å²) < 4.78 is 0.937. The number of halogens is 1. The number of fused-ring (bicyclic) bond motifs is 1. The summed E-state index contributed by atoms with van der Waals surface area (Å²) >= 11 is 5.06. The molecule has 1 aromatic heterocycles. The van der Waals surface area contributed by atoms with Gasteiger partial charge in [-0.25, -0.2) is 4.99 Å². The van der Waals surface area contributed by atoms with Crippen molar-refractivity contribution in [3.8, 4) is 0 Å². The summed E-state index contributed by atoms with van der Waals surface area (Å²) in [5.41, 5.74) is 5.26. The first-order valence-electron chi connectivity index (χ1n) is 9.95. The van der Waals surface area contributed by atoms with Crippen molar-refractivity contribution in [1.29, 1.82) is 0 Å². The zero-order chi connectivity index (χ0) is 22.0. The van der Waals surface area contributed by atoms with Crippen LogP contribution in [0.5, 0.6) is 0 Å². The van der Waals surface area contributed by atoms with Crippen LogP contribution in [0, 0.1) is 13.8 Å². The molecule has 158 valence electrons. The van der Waals surface area contributed by atoms with Crippen LogP contribution in [0.1, 0.15) is 28.0 Å². The van der Waals surface area contributed by atoms with Crippen molar-refractivity contribution >= 4 is 56.2 Å². The number of carbonyl (C=O) groups is 2. The molecule has 0 spiro atoms. The van der Waals surface area contributed by atoms with Crippen LogP contribution in [0.25, 0.3) is 0 Å². The lowest BCUT2D eigenvalue weighted by molar-refractivity contribution is -0.123. The number of rotatable bonds is 5. The van der Waals surface area contributed by atoms with Crippen LogP contribution in [-0.2, 0) is 16.1 Å². The second-order valence-corrected chi connectivity index (χ2v) is 9.29. The highest BCUT2D eigenvalue weighted by atomic mass is 79.9. The summed E-state index contributed by atoms with van der Waals surface area (Å²) in [6, 6.07) is 15.6. The second kappa shape index (κ2) is 9.16. The molecule has 0 saturated heterocycles. The van der Waals surface area contributed by atoms with E-state index in [-0.39, 0.29) is 24.8 Å². The average molecular weight is 496 g/mol. The monoisotopic (exact) mass is 495 g/mol. The minimum Gasteiger partial charge on any atom is -0.350 e. The first kappa shape index (κ1) is 21.5. The average Bonchev–Trinajstić information content (AvgIpc) is 3.24. The summed E-state index contributed by atoms with van der Waals surface area (Å²) in [7, 11) is 0. The Morgan fingerprint density at radius 2 is 1.94 bits per heavy atom. The van der Waals surface area contributed by atoms with Gasteiger partial charge >= 0.3 is 0 Å². The Bertz CT molecular complexity index is 1170. The van der Waals surface area contributed by atoms with Gasteiger partial charge in [-0.3, -0.25) is 9.59 Å². The zero-order valence-electron chi connectivity index (χ0n) is 17.3. The van der Waals surface area contributed by atoms with Crippen LogP contribution in [0.4, 0.5) is 11.4 Å². The fourth-order valence-corrected chi connectivity index (χ4v) is 4.58. The summed E-state index contributed by atoms with van der Waals surface area (Å²) in [4.78, 5) is 33.3. The standard InChI is InChI=1S/C24H22BrN3O2S/c1-15-10-19-21(11-16(15)2)28(24(30)12-20(27-19)22-8-5-9-31-22)14-23(29)26-13-17-6-3-4-7-18(17)25/h3-11H,12-14H2,1-2H3,(H,26,29). The van der Waals surface area contributed by atoms with Gasteiger partial charge in [0.2, 0.25) is 11.8 Å². The molecule has 0 fully saturated rings. The quantitative estimate of drug-likeness (QED) is 0.521. The molecule has 7 heteroatoms. The van der Waals surface area contributed by atoms with Crippen LogP contribution in [0.2, 0.25) is 0 Å². The topological polar surface area (TPSA) is 61.8 Å². The number of benzene rings is 2. The van der Waals surface area contributed by atoms with Gasteiger partial charge in [0.1, 0.15) is 6.54 Å². The lowest BCUT2D eigenvalue weighted by atomic mass is 10.1. The normalized spacial score (nSPS) is 13.5. The fraction of sp³-hybridized carbons (Fsp3) is 0.208. The van der Waals surface area contributed by atoms with Crippen molar-refractivity contribution in [2.75, 3.05) is 11.4 Å². The lowest BCUT2D eigenvalue weighted by Crippen LogP contribution is -2.41. The minimum atomic E-state index is -0.215. The van der Waals surface area contributed by atoms with Gasteiger partial charge in [0, 0.05) is 15.9 Å².